The number of fused-ring (bicyclic) bond motifs is 2. The zero-order chi connectivity index (χ0) is 18.2. The SMILES string of the molecule is O=c1cnc2ccncc2n1Cc1cccc(-c2cnc3ccccn23)c1. The van der Waals surface area contributed by atoms with Crippen LogP contribution in [0.15, 0.2) is 84.3 Å². The largest absolute Gasteiger partial charge is 0.300 e. The fourth-order valence-electron chi connectivity index (χ4n) is 3.33. The van der Waals surface area contributed by atoms with Crippen LogP contribution >= 0.6 is 0 Å². The van der Waals surface area contributed by atoms with E-state index in [2.05, 4.69) is 31.5 Å². The highest BCUT2D eigenvalue weighted by atomic mass is 16.1. The second kappa shape index (κ2) is 6.17. The van der Waals surface area contributed by atoms with Crippen LogP contribution in [0.2, 0.25) is 0 Å². The summed E-state index contributed by atoms with van der Waals surface area (Å²) in [7, 11) is 0. The van der Waals surface area contributed by atoms with Gasteiger partial charge in [-0.3, -0.25) is 18.7 Å². The van der Waals surface area contributed by atoms with Crippen molar-refractivity contribution in [3.63, 3.8) is 0 Å². The molecule has 4 heterocycles. The van der Waals surface area contributed by atoms with Gasteiger partial charge in [0.2, 0.25) is 0 Å². The first-order chi connectivity index (χ1) is 13.3. The molecule has 0 saturated heterocycles. The van der Waals surface area contributed by atoms with E-state index in [0.29, 0.717) is 6.54 Å². The molecule has 0 aliphatic carbocycles. The molecule has 0 radical (unpaired) electrons. The Hall–Kier alpha value is -3.80. The van der Waals surface area contributed by atoms with Crippen LogP contribution in [0.1, 0.15) is 5.56 Å². The normalized spacial score (nSPS) is 11.3. The Labute approximate surface area is 154 Å². The van der Waals surface area contributed by atoms with Crippen LogP contribution in [0.5, 0.6) is 0 Å². The van der Waals surface area contributed by atoms with Crippen molar-refractivity contribution in [1.29, 1.82) is 0 Å². The maximum Gasteiger partial charge on any atom is 0.269 e. The molecule has 27 heavy (non-hydrogen) atoms. The zero-order valence-electron chi connectivity index (χ0n) is 14.4. The van der Waals surface area contributed by atoms with Crippen molar-refractivity contribution >= 4 is 16.7 Å². The fourth-order valence-corrected chi connectivity index (χ4v) is 3.33. The Bertz CT molecular complexity index is 1340. The first kappa shape index (κ1) is 15.5. The van der Waals surface area contributed by atoms with Gasteiger partial charge in [-0.25, -0.2) is 9.97 Å². The molecule has 0 saturated carbocycles. The lowest BCUT2D eigenvalue weighted by atomic mass is 10.1. The van der Waals surface area contributed by atoms with Crippen LogP contribution in [0.3, 0.4) is 0 Å². The van der Waals surface area contributed by atoms with Gasteiger partial charge < -0.3 is 0 Å². The van der Waals surface area contributed by atoms with E-state index in [1.165, 1.54) is 6.20 Å². The number of rotatable bonds is 3. The molecule has 0 aliphatic rings. The van der Waals surface area contributed by atoms with Crippen molar-refractivity contribution in [2.24, 2.45) is 0 Å². The first-order valence-electron chi connectivity index (χ1n) is 8.60. The predicted molar refractivity (Wildman–Crippen MR) is 104 cm³/mol. The van der Waals surface area contributed by atoms with Crippen molar-refractivity contribution in [3.05, 3.63) is 95.4 Å². The molecule has 6 nitrogen and oxygen atoms in total. The average Bonchev–Trinajstić information content (AvgIpc) is 3.15. The minimum Gasteiger partial charge on any atom is -0.300 e. The molecule has 130 valence electrons. The molecule has 0 atom stereocenters. The highest BCUT2D eigenvalue weighted by Gasteiger charge is 2.08. The molecule has 5 rings (SSSR count). The average molecular weight is 353 g/mol. The van der Waals surface area contributed by atoms with Gasteiger partial charge in [0.1, 0.15) is 5.65 Å². The van der Waals surface area contributed by atoms with Gasteiger partial charge in [0.05, 0.1) is 41.9 Å². The number of imidazole rings is 1. The minimum absolute atomic E-state index is 0.143. The van der Waals surface area contributed by atoms with Crippen molar-refractivity contribution < 1.29 is 0 Å². The van der Waals surface area contributed by atoms with E-state index in [1.807, 2.05) is 42.7 Å². The van der Waals surface area contributed by atoms with Crippen molar-refractivity contribution in [1.82, 2.24) is 23.9 Å². The van der Waals surface area contributed by atoms with E-state index in [4.69, 9.17) is 0 Å². The quantitative estimate of drug-likeness (QED) is 0.500. The lowest BCUT2D eigenvalue weighted by Gasteiger charge is -2.10. The smallest absolute Gasteiger partial charge is 0.269 e. The maximum atomic E-state index is 12.4. The van der Waals surface area contributed by atoms with E-state index in [9.17, 15) is 4.79 Å². The topological polar surface area (TPSA) is 65.1 Å². The van der Waals surface area contributed by atoms with E-state index in [-0.39, 0.29) is 5.56 Å². The summed E-state index contributed by atoms with van der Waals surface area (Å²) < 4.78 is 3.75. The van der Waals surface area contributed by atoms with Gasteiger partial charge in [0, 0.05) is 18.0 Å². The Balaban J connectivity index is 1.60. The Kier molecular flexibility index (Phi) is 3.53. The summed E-state index contributed by atoms with van der Waals surface area (Å²) in [5.74, 6) is 0. The van der Waals surface area contributed by atoms with Crippen LogP contribution in [-0.2, 0) is 6.54 Å². The first-order valence-corrected chi connectivity index (χ1v) is 8.60. The number of pyridine rings is 2. The van der Waals surface area contributed by atoms with Gasteiger partial charge in [-0.1, -0.05) is 24.3 Å². The van der Waals surface area contributed by atoms with Crippen molar-refractivity contribution in [2.45, 2.75) is 6.54 Å². The van der Waals surface area contributed by atoms with Crippen molar-refractivity contribution in [2.75, 3.05) is 0 Å². The van der Waals surface area contributed by atoms with Gasteiger partial charge >= 0.3 is 0 Å². The summed E-state index contributed by atoms with van der Waals surface area (Å²) in [4.78, 5) is 25.2. The van der Waals surface area contributed by atoms with Crippen LogP contribution in [0.25, 0.3) is 27.9 Å². The summed E-state index contributed by atoms with van der Waals surface area (Å²) in [6, 6.07) is 15.9. The number of nitrogens with zero attached hydrogens (tertiary/aromatic N) is 5. The summed E-state index contributed by atoms with van der Waals surface area (Å²) in [6.45, 7) is 0.453. The lowest BCUT2D eigenvalue weighted by Crippen LogP contribution is -2.21. The van der Waals surface area contributed by atoms with Gasteiger partial charge in [0.15, 0.2) is 0 Å². The number of hydrogen-bond acceptors (Lipinski definition) is 4. The highest BCUT2D eigenvalue weighted by molar-refractivity contribution is 5.73. The molecular weight excluding hydrogens is 338 g/mol. The third kappa shape index (κ3) is 2.67. The lowest BCUT2D eigenvalue weighted by molar-refractivity contribution is 0.785. The van der Waals surface area contributed by atoms with Gasteiger partial charge in [-0.05, 0) is 29.8 Å². The molecule has 0 fully saturated rings. The summed E-state index contributed by atoms with van der Waals surface area (Å²) in [6.07, 6.45) is 8.58. The number of benzene rings is 1. The van der Waals surface area contributed by atoms with Crippen LogP contribution in [0.4, 0.5) is 0 Å². The monoisotopic (exact) mass is 353 g/mol. The van der Waals surface area contributed by atoms with E-state index < -0.39 is 0 Å². The third-order valence-corrected chi connectivity index (χ3v) is 4.63. The third-order valence-electron chi connectivity index (χ3n) is 4.63. The number of hydrogen-bond donors (Lipinski definition) is 0. The van der Waals surface area contributed by atoms with E-state index in [1.54, 1.807) is 23.0 Å². The van der Waals surface area contributed by atoms with Crippen LogP contribution < -0.4 is 5.56 Å². The van der Waals surface area contributed by atoms with Crippen LogP contribution in [0, 0.1) is 0 Å². The highest BCUT2D eigenvalue weighted by Crippen LogP contribution is 2.22. The summed E-state index contributed by atoms with van der Waals surface area (Å²) in [5.41, 5.74) is 5.33. The fraction of sp³-hybridized carbons (Fsp3) is 0.0476. The summed E-state index contributed by atoms with van der Waals surface area (Å²) in [5, 5.41) is 0. The standard InChI is InChI=1S/C21H15N5O/c27-21-13-23-17-7-8-22-11-19(17)26(21)14-15-4-3-5-16(10-15)18-12-24-20-6-1-2-9-25(18)20/h1-13H,14H2. The minimum atomic E-state index is -0.143. The van der Waals surface area contributed by atoms with Gasteiger partial charge in [-0.15, -0.1) is 0 Å². The predicted octanol–water partition coefficient (Wildman–Crippen LogP) is 3.15. The molecule has 6 heteroatoms. The Morgan fingerprint density at radius 2 is 1.89 bits per heavy atom. The summed E-state index contributed by atoms with van der Waals surface area (Å²) >= 11 is 0. The molecule has 0 aliphatic heterocycles. The molecule has 0 N–H and O–H groups in total. The van der Waals surface area contributed by atoms with Crippen molar-refractivity contribution in [3.8, 4) is 11.3 Å². The second-order valence-corrected chi connectivity index (χ2v) is 6.32. The molecule has 4 aromatic heterocycles. The van der Waals surface area contributed by atoms with Gasteiger partial charge in [0.25, 0.3) is 5.56 Å². The number of aromatic nitrogens is 5. The molecule has 0 unspecified atom stereocenters. The molecule has 1 aromatic carbocycles. The van der Waals surface area contributed by atoms with E-state index >= 15 is 0 Å². The molecule has 0 spiro atoms. The van der Waals surface area contributed by atoms with Gasteiger partial charge in [-0.2, -0.15) is 0 Å². The van der Waals surface area contributed by atoms with Crippen LogP contribution in [-0.4, -0.2) is 23.9 Å². The molecule has 0 bridgehead atoms. The van der Waals surface area contributed by atoms with E-state index in [0.717, 1.165) is 33.5 Å². The maximum absolute atomic E-state index is 12.4. The Morgan fingerprint density at radius 3 is 2.85 bits per heavy atom. The Morgan fingerprint density at radius 1 is 0.926 bits per heavy atom. The molecule has 5 aromatic rings. The zero-order valence-corrected chi connectivity index (χ0v) is 14.4. The molecular formula is C21H15N5O. The second-order valence-electron chi connectivity index (χ2n) is 6.32. The molecule has 0 amide bonds.